The lowest BCUT2D eigenvalue weighted by Gasteiger charge is -2.22. The molecule has 6 heteroatoms. The molecule has 1 N–H and O–H groups in total. The van der Waals surface area contributed by atoms with Crippen molar-refractivity contribution in [3.8, 4) is 0 Å². The molecular formula is C18H22N2O4. The first-order valence-corrected chi connectivity index (χ1v) is 8.41. The Kier molecular flexibility index (Phi) is 4.55. The summed E-state index contributed by atoms with van der Waals surface area (Å²) < 4.78 is 0. The Morgan fingerprint density at radius 2 is 1.96 bits per heavy atom. The molecule has 6 nitrogen and oxygen atoms in total. The first-order chi connectivity index (χ1) is 11.5. The highest BCUT2D eigenvalue weighted by atomic mass is 16.4. The largest absolute Gasteiger partial charge is 0.481 e. The summed E-state index contributed by atoms with van der Waals surface area (Å²) in [5.74, 6) is -1.85. The van der Waals surface area contributed by atoms with E-state index in [0.29, 0.717) is 19.5 Å². The lowest BCUT2D eigenvalue weighted by atomic mass is 10.1. The Bertz CT molecular complexity index is 673. The quantitative estimate of drug-likeness (QED) is 0.908. The lowest BCUT2D eigenvalue weighted by molar-refractivity contribution is -0.141. The maximum atomic E-state index is 12.6. The van der Waals surface area contributed by atoms with Crippen LogP contribution >= 0.6 is 0 Å². The highest BCUT2D eigenvalue weighted by Gasteiger charge is 2.40. The number of carboxylic acids is 1. The molecule has 3 rings (SSSR count). The standard InChI is InChI=1S/C18H22N2O4/c1-2-12-5-3-4-6-15(12)20-11-14(9-16(20)21)17(22)19-8-7-13(10-19)18(23)24/h3-6,13-14H,2,7-11H2,1H3,(H,23,24)/t13-,14-/m0/s1. The van der Waals surface area contributed by atoms with Crippen molar-refractivity contribution < 1.29 is 19.5 Å². The molecule has 0 unspecified atom stereocenters. The second kappa shape index (κ2) is 6.63. The predicted octanol–water partition coefficient (Wildman–Crippen LogP) is 1.53. The number of carbonyl (C=O) groups is 3. The van der Waals surface area contributed by atoms with Crippen LogP contribution in [0.15, 0.2) is 24.3 Å². The molecule has 1 aromatic rings. The van der Waals surface area contributed by atoms with E-state index in [-0.39, 0.29) is 30.7 Å². The Morgan fingerprint density at radius 3 is 2.62 bits per heavy atom. The van der Waals surface area contributed by atoms with Crippen LogP contribution in [0.3, 0.4) is 0 Å². The molecule has 0 spiro atoms. The van der Waals surface area contributed by atoms with Crippen molar-refractivity contribution >= 4 is 23.5 Å². The zero-order chi connectivity index (χ0) is 17.3. The second-order valence-electron chi connectivity index (χ2n) is 6.50. The van der Waals surface area contributed by atoms with Crippen LogP contribution < -0.4 is 4.90 Å². The number of rotatable bonds is 4. The van der Waals surface area contributed by atoms with Gasteiger partial charge in [0.1, 0.15) is 0 Å². The van der Waals surface area contributed by atoms with E-state index < -0.39 is 11.9 Å². The summed E-state index contributed by atoms with van der Waals surface area (Å²) in [6.07, 6.45) is 1.51. The predicted molar refractivity (Wildman–Crippen MR) is 88.6 cm³/mol. The minimum Gasteiger partial charge on any atom is -0.481 e. The van der Waals surface area contributed by atoms with Crippen molar-refractivity contribution in [2.24, 2.45) is 11.8 Å². The smallest absolute Gasteiger partial charge is 0.308 e. The van der Waals surface area contributed by atoms with Crippen LogP contribution in [0.5, 0.6) is 0 Å². The Morgan fingerprint density at radius 1 is 1.21 bits per heavy atom. The van der Waals surface area contributed by atoms with Crippen LogP contribution in [0.1, 0.15) is 25.3 Å². The number of benzene rings is 1. The molecular weight excluding hydrogens is 308 g/mol. The van der Waals surface area contributed by atoms with E-state index in [1.54, 1.807) is 9.80 Å². The number of carbonyl (C=O) groups excluding carboxylic acids is 2. The zero-order valence-electron chi connectivity index (χ0n) is 13.8. The molecule has 0 bridgehead atoms. The number of hydrogen-bond donors (Lipinski definition) is 1. The molecule has 2 fully saturated rings. The fraction of sp³-hybridized carbons (Fsp3) is 0.500. The van der Waals surface area contributed by atoms with Crippen molar-refractivity contribution in [3.05, 3.63) is 29.8 Å². The van der Waals surface area contributed by atoms with Gasteiger partial charge in [0.15, 0.2) is 0 Å². The zero-order valence-corrected chi connectivity index (χ0v) is 13.8. The lowest BCUT2D eigenvalue weighted by Crippen LogP contribution is -2.36. The normalized spacial score (nSPS) is 23.8. The Hall–Kier alpha value is -2.37. The molecule has 2 aliphatic rings. The maximum Gasteiger partial charge on any atom is 0.308 e. The minimum absolute atomic E-state index is 0.0387. The van der Waals surface area contributed by atoms with Crippen LogP contribution in [0.25, 0.3) is 0 Å². The molecule has 128 valence electrons. The van der Waals surface area contributed by atoms with E-state index in [0.717, 1.165) is 17.7 Å². The number of anilines is 1. The fourth-order valence-electron chi connectivity index (χ4n) is 3.60. The molecule has 2 heterocycles. The molecule has 2 amide bonds. The van der Waals surface area contributed by atoms with Gasteiger partial charge in [0.05, 0.1) is 11.8 Å². The SMILES string of the molecule is CCc1ccccc1N1C[C@@H](C(=O)N2CC[C@H](C(=O)O)C2)CC1=O. The van der Waals surface area contributed by atoms with Crippen molar-refractivity contribution in [3.63, 3.8) is 0 Å². The number of para-hydroxylation sites is 1. The van der Waals surface area contributed by atoms with Gasteiger partial charge in [0.2, 0.25) is 11.8 Å². The van der Waals surface area contributed by atoms with Crippen LogP contribution in [-0.4, -0.2) is 47.4 Å². The third kappa shape index (κ3) is 3.00. The van der Waals surface area contributed by atoms with Gasteiger partial charge in [-0.2, -0.15) is 0 Å². The molecule has 1 aromatic carbocycles. The summed E-state index contributed by atoms with van der Waals surface area (Å²) in [4.78, 5) is 39.4. The van der Waals surface area contributed by atoms with E-state index in [2.05, 4.69) is 0 Å². The van der Waals surface area contributed by atoms with Crippen molar-refractivity contribution in [1.82, 2.24) is 4.90 Å². The van der Waals surface area contributed by atoms with E-state index >= 15 is 0 Å². The summed E-state index contributed by atoms with van der Waals surface area (Å²) >= 11 is 0. The monoisotopic (exact) mass is 330 g/mol. The number of nitrogens with zero attached hydrogens (tertiary/aromatic N) is 2. The fourth-order valence-corrected chi connectivity index (χ4v) is 3.60. The van der Waals surface area contributed by atoms with E-state index in [1.165, 1.54) is 0 Å². The van der Waals surface area contributed by atoms with Gasteiger partial charge in [-0.05, 0) is 24.5 Å². The highest BCUT2D eigenvalue weighted by Crippen LogP contribution is 2.30. The van der Waals surface area contributed by atoms with Gasteiger partial charge in [-0.15, -0.1) is 0 Å². The van der Waals surface area contributed by atoms with Crippen LogP contribution in [0, 0.1) is 11.8 Å². The van der Waals surface area contributed by atoms with Gasteiger partial charge in [-0.1, -0.05) is 25.1 Å². The number of likely N-dealkylation sites (tertiary alicyclic amines) is 1. The summed E-state index contributed by atoms with van der Waals surface area (Å²) in [7, 11) is 0. The van der Waals surface area contributed by atoms with Gasteiger partial charge in [0, 0.05) is 31.7 Å². The summed E-state index contributed by atoms with van der Waals surface area (Å²) in [5.41, 5.74) is 1.97. The number of amides is 2. The number of aryl methyl sites for hydroxylation is 1. The molecule has 2 aliphatic heterocycles. The number of hydrogen-bond acceptors (Lipinski definition) is 3. The molecule has 2 saturated heterocycles. The van der Waals surface area contributed by atoms with Gasteiger partial charge in [0.25, 0.3) is 0 Å². The van der Waals surface area contributed by atoms with Crippen LogP contribution in [-0.2, 0) is 20.8 Å². The van der Waals surface area contributed by atoms with Crippen LogP contribution in [0.2, 0.25) is 0 Å². The van der Waals surface area contributed by atoms with Gasteiger partial charge >= 0.3 is 5.97 Å². The average Bonchev–Trinajstić information content (AvgIpc) is 3.21. The first-order valence-electron chi connectivity index (χ1n) is 8.41. The van der Waals surface area contributed by atoms with Gasteiger partial charge < -0.3 is 14.9 Å². The van der Waals surface area contributed by atoms with Gasteiger partial charge in [-0.25, -0.2) is 0 Å². The van der Waals surface area contributed by atoms with E-state index in [4.69, 9.17) is 5.11 Å². The highest BCUT2D eigenvalue weighted by molar-refractivity contribution is 6.01. The summed E-state index contributed by atoms with van der Waals surface area (Å²) in [6.45, 7) is 3.14. The third-order valence-electron chi connectivity index (χ3n) is 4.99. The molecule has 2 atom stereocenters. The number of carboxylic acid groups (broad SMARTS) is 1. The second-order valence-corrected chi connectivity index (χ2v) is 6.50. The first kappa shape index (κ1) is 16.5. The maximum absolute atomic E-state index is 12.6. The Labute approximate surface area is 141 Å². The molecule has 0 aliphatic carbocycles. The summed E-state index contributed by atoms with van der Waals surface area (Å²) in [5, 5.41) is 9.07. The van der Waals surface area contributed by atoms with Crippen molar-refractivity contribution in [2.45, 2.75) is 26.2 Å². The van der Waals surface area contributed by atoms with E-state index in [9.17, 15) is 14.4 Å². The summed E-state index contributed by atoms with van der Waals surface area (Å²) in [6, 6.07) is 7.76. The topological polar surface area (TPSA) is 77.9 Å². The molecule has 0 saturated carbocycles. The Balaban J connectivity index is 1.71. The molecule has 0 aromatic heterocycles. The third-order valence-corrected chi connectivity index (χ3v) is 4.99. The van der Waals surface area contributed by atoms with Crippen LogP contribution in [0.4, 0.5) is 5.69 Å². The number of aliphatic carboxylic acids is 1. The molecule has 0 radical (unpaired) electrons. The van der Waals surface area contributed by atoms with E-state index in [1.807, 2.05) is 31.2 Å². The van der Waals surface area contributed by atoms with Gasteiger partial charge in [-0.3, -0.25) is 14.4 Å². The minimum atomic E-state index is -0.855. The van der Waals surface area contributed by atoms with Crippen molar-refractivity contribution in [2.75, 3.05) is 24.5 Å². The molecule has 24 heavy (non-hydrogen) atoms. The van der Waals surface area contributed by atoms with Crippen molar-refractivity contribution in [1.29, 1.82) is 0 Å². The average molecular weight is 330 g/mol.